The minimum Gasteiger partial charge on any atom is -0.386 e. The summed E-state index contributed by atoms with van der Waals surface area (Å²) >= 11 is 0. The van der Waals surface area contributed by atoms with E-state index in [-0.39, 0.29) is 59.9 Å². The number of benzene rings is 1. The van der Waals surface area contributed by atoms with E-state index in [2.05, 4.69) is 24.5 Å². The predicted octanol–water partition coefficient (Wildman–Crippen LogP) is 5.04. The van der Waals surface area contributed by atoms with Crippen LogP contribution in [0.15, 0.2) is 30.3 Å². The van der Waals surface area contributed by atoms with Crippen LogP contribution in [0.2, 0.25) is 0 Å². The summed E-state index contributed by atoms with van der Waals surface area (Å²) in [5.74, 6) is -1.57. The van der Waals surface area contributed by atoms with Gasteiger partial charge in [0, 0.05) is 33.9 Å². The highest BCUT2D eigenvalue weighted by molar-refractivity contribution is 5.90. The molecule has 0 bridgehead atoms. The monoisotopic (exact) mass is 774 g/mol. The van der Waals surface area contributed by atoms with Crippen molar-refractivity contribution >= 4 is 23.6 Å². The molecule has 0 aromatic heterocycles. The van der Waals surface area contributed by atoms with Crippen molar-refractivity contribution in [1.82, 2.24) is 25.3 Å². The molecule has 3 N–H and O–H groups in total. The lowest BCUT2D eigenvalue weighted by atomic mass is 9.87. The Hall–Kier alpha value is -3.06. The van der Waals surface area contributed by atoms with E-state index >= 15 is 0 Å². The molecule has 4 amide bonds. The van der Waals surface area contributed by atoms with Crippen molar-refractivity contribution in [1.29, 1.82) is 0 Å². The van der Waals surface area contributed by atoms with Crippen LogP contribution in [0, 0.1) is 23.7 Å². The van der Waals surface area contributed by atoms with Gasteiger partial charge in [0.2, 0.25) is 23.6 Å². The third-order valence-electron chi connectivity index (χ3n) is 11.9. The standard InChI is InChI=1S/C43H75N5O7/c1-15-29(8)38(47(12)43(53)36(26(2)3)45-42(52)37(27(4)5)46(11)28(6)7)34(54-13)25-35(49)48-24-20-19-23-33(48)40(55-14)30(9)41(51)44-31(10)39(50)32-21-17-16-18-22-32/h16-18,21-22,26-31,33-34,36-40,50H,15,19-20,23-25H2,1-14H3,(H,44,51)(H,45,52)/t29-,30+,31+,33-,34+,36-,37-,38-,39+,40+/m0/s1. The number of carbonyl (C=O) groups excluding carboxylic acids is 4. The molecule has 10 atom stereocenters. The first kappa shape index (κ1) is 48.1. The summed E-state index contributed by atoms with van der Waals surface area (Å²) in [7, 11) is 6.82. The van der Waals surface area contributed by atoms with Crippen molar-refractivity contribution in [2.45, 2.75) is 156 Å². The molecule has 12 nitrogen and oxygen atoms in total. The first-order chi connectivity index (χ1) is 25.8. The number of likely N-dealkylation sites (N-methyl/N-ethyl adjacent to an activating group) is 2. The molecule has 0 unspecified atom stereocenters. The fourth-order valence-electron chi connectivity index (χ4n) is 8.10. The van der Waals surface area contributed by atoms with Crippen molar-refractivity contribution < 1.29 is 33.8 Å². The van der Waals surface area contributed by atoms with Crippen LogP contribution < -0.4 is 10.6 Å². The Morgan fingerprint density at radius 3 is 2.00 bits per heavy atom. The topological polar surface area (TPSA) is 141 Å². The highest BCUT2D eigenvalue weighted by atomic mass is 16.5. The van der Waals surface area contributed by atoms with E-state index < -0.39 is 48.4 Å². The van der Waals surface area contributed by atoms with E-state index in [0.717, 1.165) is 19.3 Å². The Morgan fingerprint density at radius 2 is 1.49 bits per heavy atom. The molecular weight excluding hydrogens is 699 g/mol. The van der Waals surface area contributed by atoms with E-state index in [1.54, 1.807) is 40.0 Å². The largest absolute Gasteiger partial charge is 0.386 e. The lowest BCUT2D eigenvalue weighted by Gasteiger charge is -2.43. The van der Waals surface area contributed by atoms with Gasteiger partial charge in [0.05, 0.1) is 54.8 Å². The quantitative estimate of drug-likeness (QED) is 0.158. The van der Waals surface area contributed by atoms with Crippen LogP contribution in [-0.4, -0.2) is 127 Å². The number of aliphatic hydroxyl groups is 1. The summed E-state index contributed by atoms with van der Waals surface area (Å²) in [5.41, 5.74) is 0.713. The van der Waals surface area contributed by atoms with Crippen LogP contribution >= 0.6 is 0 Å². The van der Waals surface area contributed by atoms with E-state index in [4.69, 9.17) is 9.47 Å². The molecule has 1 aliphatic heterocycles. The van der Waals surface area contributed by atoms with E-state index in [1.807, 2.05) is 88.7 Å². The average Bonchev–Trinajstić information content (AvgIpc) is 3.16. The van der Waals surface area contributed by atoms with Gasteiger partial charge in [0.15, 0.2) is 0 Å². The number of hydrogen-bond donors (Lipinski definition) is 3. The van der Waals surface area contributed by atoms with E-state index in [0.29, 0.717) is 18.5 Å². The third kappa shape index (κ3) is 12.7. The predicted molar refractivity (Wildman–Crippen MR) is 218 cm³/mol. The molecule has 1 aromatic carbocycles. The van der Waals surface area contributed by atoms with Crippen LogP contribution in [0.25, 0.3) is 0 Å². The molecule has 1 aliphatic rings. The van der Waals surface area contributed by atoms with Gasteiger partial charge in [-0.05, 0) is 70.4 Å². The van der Waals surface area contributed by atoms with Gasteiger partial charge in [0.1, 0.15) is 6.04 Å². The Kier molecular flexibility index (Phi) is 19.8. The molecule has 1 fully saturated rings. The highest BCUT2D eigenvalue weighted by Crippen LogP contribution is 2.30. The fraction of sp³-hybridized carbons (Fsp3) is 0.767. The molecule has 55 heavy (non-hydrogen) atoms. The highest BCUT2D eigenvalue weighted by Gasteiger charge is 2.43. The Balaban J connectivity index is 2.31. The molecule has 0 saturated carbocycles. The van der Waals surface area contributed by atoms with Gasteiger partial charge in [-0.15, -0.1) is 0 Å². The van der Waals surface area contributed by atoms with Gasteiger partial charge in [0.25, 0.3) is 0 Å². The number of carbonyl (C=O) groups is 4. The number of nitrogens with zero attached hydrogens (tertiary/aromatic N) is 3. The van der Waals surface area contributed by atoms with Gasteiger partial charge < -0.3 is 35.0 Å². The Bertz CT molecular complexity index is 1340. The maximum atomic E-state index is 14.4. The summed E-state index contributed by atoms with van der Waals surface area (Å²) in [5, 5.41) is 16.9. The van der Waals surface area contributed by atoms with E-state index in [1.165, 1.54) is 0 Å². The van der Waals surface area contributed by atoms with Crippen LogP contribution in [-0.2, 0) is 28.7 Å². The third-order valence-corrected chi connectivity index (χ3v) is 11.9. The fourth-order valence-corrected chi connectivity index (χ4v) is 8.10. The molecule has 0 spiro atoms. The smallest absolute Gasteiger partial charge is 0.245 e. The van der Waals surface area contributed by atoms with Crippen LogP contribution in [0.5, 0.6) is 0 Å². The second-order valence-electron chi connectivity index (χ2n) is 16.8. The minimum absolute atomic E-state index is 0.0217. The summed E-state index contributed by atoms with van der Waals surface area (Å²) in [6, 6.07) is 6.85. The van der Waals surface area contributed by atoms with Gasteiger partial charge in [-0.3, -0.25) is 24.1 Å². The summed E-state index contributed by atoms with van der Waals surface area (Å²) in [6.07, 6.45) is 1.07. The van der Waals surface area contributed by atoms with Gasteiger partial charge in [-0.2, -0.15) is 0 Å². The van der Waals surface area contributed by atoms with E-state index in [9.17, 15) is 24.3 Å². The van der Waals surface area contributed by atoms with Crippen LogP contribution in [0.3, 0.4) is 0 Å². The summed E-state index contributed by atoms with van der Waals surface area (Å²) in [4.78, 5) is 61.6. The van der Waals surface area contributed by atoms with Crippen molar-refractivity contribution in [3.05, 3.63) is 35.9 Å². The Labute approximate surface area is 332 Å². The number of nitrogens with one attached hydrogen (secondary N) is 2. The molecule has 1 aromatic rings. The maximum absolute atomic E-state index is 14.4. The zero-order valence-corrected chi connectivity index (χ0v) is 36.4. The second-order valence-corrected chi connectivity index (χ2v) is 16.8. The van der Waals surface area contributed by atoms with Gasteiger partial charge in [-0.1, -0.05) is 85.2 Å². The van der Waals surface area contributed by atoms with Crippen LogP contribution in [0.4, 0.5) is 0 Å². The zero-order valence-electron chi connectivity index (χ0n) is 36.4. The van der Waals surface area contributed by atoms with Crippen LogP contribution in [0.1, 0.15) is 113 Å². The number of rotatable bonds is 21. The SMILES string of the molecule is CC[C@H](C)[C@@H]([C@@H](CC(=O)N1CCCC[C@H]1[C@H](OC)[C@@H](C)C(=O)N[C@H](C)[C@@H](O)c1ccccc1)OC)N(C)C(=O)[C@@H](NC(=O)[C@H](C(C)C)N(C)C(C)C)C(C)C. The number of ether oxygens (including phenoxy) is 2. The molecule has 0 aliphatic carbocycles. The summed E-state index contributed by atoms with van der Waals surface area (Å²) < 4.78 is 12.1. The number of piperidine rings is 1. The van der Waals surface area contributed by atoms with Gasteiger partial charge in [-0.25, -0.2) is 0 Å². The molecular formula is C43H75N5O7. The molecule has 0 radical (unpaired) electrons. The number of aliphatic hydroxyl groups excluding tert-OH is 1. The first-order valence-corrected chi connectivity index (χ1v) is 20.5. The lowest BCUT2D eigenvalue weighted by molar-refractivity contribution is -0.151. The van der Waals surface area contributed by atoms with Crippen molar-refractivity contribution in [2.24, 2.45) is 23.7 Å². The zero-order chi connectivity index (χ0) is 41.7. The molecule has 12 heteroatoms. The Morgan fingerprint density at radius 1 is 0.873 bits per heavy atom. The minimum atomic E-state index is -0.879. The van der Waals surface area contributed by atoms with Crippen molar-refractivity contribution in [3.63, 3.8) is 0 Å². The molecule has 314 valence electrons. The maximum Gasteiger partial charge on any atom is 0.245 e. The van der Waals surface area contributed by atoms with Crippen molar-refractivity contribution in [2.75, 3.05) is 34.9 Å². The second kappa shape index (κ2) is 22.6. The molecule has 2 rings (SSSR count). The number of methoxy groups -OCH3 is 2. The molecule has 1 heterocycles. The number of amides is 4. The lowest BCUT2D eigenvalue weighted by Crippen LogP contribution is -2.60. The normalized spacial score (nSPS) is 20.0. The average molecular weight is 774 g/mol. The van der Waals surface area contributed by atoms with Gasteiger partial charge >= 0.3 is 0 Å². The number of likely N-dealkylation sites (tertiary alicyclic amines) is 1. The van der Waals surface area contributed by atoms with Crippen molar-refractivity contribution in [3.8, 4) is 0 Å². The number of hydrogen-bond acceptors (Lipinski definition) is 8. The molecule has 1 saturated heterocycles. The summed E-state index contributed by atoms with van der Waals surface area (Å²) in [6.45, 7) is 20.2. The first-order valence-electron chi connectivity index (χ1n) is 20.5.